The van der Waals surface area contributed by atoms with E-state index in [1.807, 2.05) is 0 Å². The number of nitrogens with two attached hydrogens (primary N) is 1. The summed E-state index contributed by atoms with van der Waals surface area (Å²) >= 11 is 0.954. The second-order valence-electron chi connectivity index (χ2n) is 3.91. The largest absolute Gasteiger partial charge is 0.373 e. The molecule has 1 aliphatic heterocycles. The SMILES string of the molecule is NCC1CN(C(=O)c2csc([N+](=O)[O-])c2)CCO1. The van der Waals surface area contributed by atoms with Gasteiger partial charge in [-0.3, -0.25) is 14.9 Å². The van der Waals surface area contributed by atoms with Crippen LogP contribution in [-0.2, 0) is 4.74 Å². The topological polar surface area (TPSA) is 98.7 Å². The lowest BCUT2D eigenvalue weighted by molar-refractivity contribution is -0.380. The Morgan fingerprint density at radius 3 is 3.11 bits per heavy atom. The van der Waals surface area contributed by atoms with Crippen LogP contribution in [0.5, 0.6) is 0 Å². The molecule has 0 radical (unpaired) electrons. The van der Waals surface area contributed by atoms with Crippen LogP contribution in [0.2, 0.25) is 0 Å². The molecule has 8 heteroatoms. The minimum atomic E-state index is -0.497. The lowest BCUT2D eigenvalue weighted by atomic mass is 10.2. The van der Waals surface area contributed by atoms with Crippen LogP contribution in [-0.4, -0.2) is 48.1 Å². The van der Waals surface area contributed by atoms with Crippen LogP contribution in [0.15, 0.2) is 11.4 Å². The van der Waals surface area contributed by atoms with E-state index in [-0.39, 0.29) is 17.0 Å². The molecule has 0 aromatic carbocycles. The van der Waals surface area contributed by atoms with E-state index in [1.165, 1.54) is 11.4 Å². The molecular weight excluding hydrogens is 258 g/mol. The van der Waals surface area contributed by atoms with Crippen molar-refractivity contribution in [3.63, 3.8) is 0 Å². The van der Waals surface area contributed by atoms with Gasteiger partial charge in [0.15, 0.2) is 0 Å². The van der Waals surface area contributed by atoms with E-state index in [4.69, 9.17) is 10.5 Å². The van der Waals surface area contributed by atoms with Gasteiger partial charge in [0.2, 0.25) is 0 Å². The molecule has 98 valence electrons. The number of ether oxygens (including phenoxy) is 1. The molecule has 1 amide bonds. The molecule has 1 fully saturated rings. The third-order valence-corrected chi connectivity index (χ3v) is 3.58. The fourth-order valence-corrected chi connectivity index (χ4v) is 2.46. The van der Waals surface area contributed by atoms with Gasteiger partial charge >= 0.3 is 5.00 Å². The lowest BCUT2D eigenvalue weighted by Gasteiger charge is -2.32. The van der Waals surface area contributed by atoms with Gasteiger partial charge in [-0.15, -0.1) is 0 Å². The fraction of sp³-hybridized carbons (Fsp3) is 0.500. The molecule has 1 atom stereocenters. The van der Waals surface area contributed by atoms with Gasteiger partial charge < -0.3 is 15.4 Å². The summed E-state index contributed by atoms with van der Waals surface area (Å²) in [5, 5.41) is 12.0. The van der Waals surface area contributed by atoms with Crippen molar-refractivity contribution in [2.24, 2.45) is 5.73 Å². The Bertz CT molecular complexity index is 462. The Morgan fingerprint density at radius 2 is 2.50 bits per heavy atom. The van der Waals surface area contributed by atoms with E-state index >= 15 is 0 Å². The summed E-state index contributed by atoms with van der Waals surface area (Å²) in [7, 11) is 0. The number of hydrogen-bond donors (Lipinski definition) is 1. The van der Waals surface area contributed by atoms with Crippen molar-refractivity contribution in [3.8, 4) is 0 Å². The smallest absolute Gasteiger partial charge is 0.324 e. The number of carbonyl (C=O) groups excluding carboxylic acids is 1. The van der Waals surface area contributed by atoms with Crippen molar-refractivity contribution in [2.45, 2.75) is 6.10 Å². The normalized spacial score (nSPS) is 19.8. The van der Waals surface area contributed by atoms with Crippen LogP contribution in [0.25, 0.3) is 0 Å². The highest BCUT2D eigenvalue weighted by Crippen LogP contribution is 2.24. The lowest BCUT2D eigenvalue weighted by Crippen LogP contribution is -2.48. The first-order chi connectivity index (χ1) is 8.61. The molecule has 1 saturated heterocycles. The molecular formula is C10H13N3O4S. The first-order valence-electron chi connectivity index (χ1n) is 5.45. The molecule has 0 aliphatic carbocycles. The van der Waals surface area contributed by atoms with Crippen LogP contribution in [0.3, 0.4) is 0 Å². The maximum absolute atomic E-state index is 12.1. The van der Waals surface area contributed by atoms with E-state index in [0.29, 0.717) is 31.8 Å². The number of rotatable bonds is 3. The second kappa shape index (κ2) is 5.42. The Hall–Kier alpha value is -1.51. The van der Waals surface area contributed by atoms with Crippen LogP contribution < -0.4 is 5.73 Å². The number of thiophene rings is 1. The number of nitrogens with zero attached hydrogens (tertiary/aromatic N) is 2. The quantitative estimate of drug-likeness (QED) is 0.636. The average Bonchev–Trinajstić information content (AvgIpc) is 2.87. The van der Waals surface area contributed by atoms with E-state index in [2.05, 4.69) is 0 Å². The molecule has 1 aromatic heterocycles. The van der Waals surface area contributed by atoms with Gasteiger partial charge in [-0.25, -0.2) is 0 Å². The second-order valence-corrected chi connectivity index (χ2v) is 4.80. The molecule has 1 aromatic rings. The molecule has 0 saturated carbocycles. The number of amides is 1. The summed E-state index contributed by atoms with van der Waals surface area (Å²) in [4.78, 5) is 23.8. The number of carbonyl (C=O) groups is 1. The maximum atomic E-state index is 12.1. The first-order valence-corrected chi connectivity index (χ1v) is 6.33. The van der Waals surface area contributed by atoms with Crippen molar-refractivity contribution in [1.82, 2.24) is 4.90 Å². The monoisotopic (exact) mass is 271 g/mol. The zero-order chi connectivity index (χ0) is 13.1. The number of morpholine rings is 1. The van der Waals surface area contributed by atoms with Gasteiger partial charge in [0.1, 0.15) is 0 Å². The van der Waals surface area contributed by atoms with Gasteiger partial charge in [0, 0.05) is 31.1 Å². The molecule has 0 spiro atoms. The minimum Gasteiger partial charge on any atom is -0.373 e. The van der Waals surface area contributed by atoms with Crippen LogP contribution >= 0.6 is 11.3 Å². The van der Waals surface area contributed by atoms with E-state index in [9.17, 15) is 14.9 Å². The first kappa shape index (κ1) is 12.9. The molecule has 7 nitrogen and oxygen atoms in total. The number of nitro groups is 1. The van der Waals surface area contributed by atoms with E-state index in [0.717, 1.165) is 11.3 Å². The Morgan fingerprint density at radius 1 is 1.72 bits per heavy atom. The van der Waals surface area contributed by atoms with Crippen LogP contribution in [0.4, 0.5) is 5.00 Å². The Kier molecular flexibility index (Phi) is 3.90. The zero-order valence-corrected chi connectivity index (χ0v) is 10.4. The van der Waals surface area contributed by atoms with Crippen LogP contribution in [0.1, 0.15) is 10.4 Å². The Balaban J connectivity index is 2.07. The third kappa shape index (κ3) is 2.66. The van der Waals surface area contributed by atoms with Gasteiger partial charge in [0.05, 0.1) is 23.2 Å². The van der Waals surface area contributed by atoms with Crippen LogP contribution in [0, 0.1) is 10.1 Å². The van der Waals surface area contributed by atoms with Gasteiger partial charge in [0.25, 0.3) is 5.91 Å². The van der Waals surface area contributed by atoms with Crippen molar-refractivity contribution in [3.05, 3.63) is 27.1 Å². The summed E-state index contributed by atoms with van der Waals surface area (Å²) in [6, 6.07) is 1.31. The minimum absolute atomic E-state index is 0.0259. The summed E-state index contributed by atoms with van der Waals surface area (Å²) < 4.78 is 5.36. The highest BCUT2D eigenvalue weighted by Gasteiger charge is 2.25. The highest BCUT2D eigenvalue weighted by atomic mass is 32.1. The summed E-state index contributed by atoms with van der Waals surface area (Å²) in [5.41, 5.74) is 5.85. The van der Waals surface area contributed by atoms with Gasteiger partial charge in [-0.2, -0.15) is 0 Å². The molecule has 2 N–H and O–H groups in total. The molecule has 1 unspecified atom stereocenters. The van der Waals surface area contributed by atoms with Crippen molar-refractivity contribution < 1.29 is 14.5 Å². The molecule has 0 bridgehead atoms. The summed E-state index contributed by atoms with van der Waals surface area (Å²) in [6.45, 7) is 1.71. The Labute approximate surface area is 107 Å². The van der Waals surface area contributed by atoms with E-state index < -0.39 is 4.92 Å². The molecule has 1 aliphatic rings. The standard InChI is InChI=1S/C10H13N3O4S/c11-4-8-5-12(1-2-17-8)10(14)7-3-9(13(15)16)18-6-7/h3,6,8H,1-2,4-5,11H2. The van der Waals surface area contributed by atoms with E-state index in [1.54, 1.807) is 4.90 Å². The molecule has 18 heavy (non-hydrogen) atoms. The average molecular weight is 271 g/mol. The highest BCUT2D eigenvalue weighted by molar-refractivity contribution is 7.13. The van der Waals surface area contributed by atoms with Gasteiger partial charge in [-0.05, 0) is 0 Å². The predicted molar refractivity (Wildman–Crippen MR) is 65.7 cm³/mol. The van der Waals surface area contributed by atoms with Gasteiger partial charge in [-0.1, -0.05) is 11.3 Å². The van der Waals surface area contributed by atoms with Crippen molar-refractivity contribution in [1.29, 1.82) is 0 Å². The maximum Gasteiger partial charge on any atom is 0.324 e. The molecule has 2 heterocycles. The molecule has 2 rings (SSSR count). The van der Waals surface area contributed by atoms with Crippen molar-refractivity contribution in [2.75, 3.05) is 26.2 Å². The third-order valence-electron chi connectivity index (χ3n) is 2.70. The zero-order valence-electron chi connectivity index (χ0n) is 9.57. The summed E-state index contributed by atoms with van der Waals surface area (Å²) in [5.74, 6) is -0.207. The fourth-order valence-electron chi connectivity index (χ4n) is 1.76. The van der Waals surface area contributed by atoms with Crippen molar-refractivity contribution >= 4 is 22.2 Å². The number of hydrogen-bond acceptors (Lipinski definition) is 6. The summed E-state index contributed by atoms with van der Waals surface area (Å²) in [6.07, 6.45) is -0.156. The predicted octanol–water partition coefficient (Wildman–Crippen LogP) is 0.456.